The summed E-state index contributed by atoms with van der Waals surface area (Å²) in [5, 5.41) is 0. The molecule has 5 nitrogen and oxygen atoms in total. The second kappa shape index (κ2) is 3.97. The third-order valence-electron chi connectivity index (χ3n) is 1.53. The molecule has 0 spiro atoms. The lowest BCUT2D eigenvalue weighted by Crippen LogP contribution is -2.30. The molecule has 2 N–H and O–H groups in total. The summed E-state index contributed by atoms with van der Waals surface area (Å²) in [6.45, 7) is 7.46. The molecule has 6 heteroatoms. The van der Waals surface area contributed by atoms with E-state index in [1.807, 2.05) is 19.6 Å². The third kappa shape index (κ3) is 3.32. The first-order valence-electron chi connectivity index (χ1n) is 4.62. The number of Topliss-reactive ketones (excluding diaryl/α,β-unsaturated/α-hetero) is 1. The summed E-state index contributed by atoms with van der Waals surface area (Å²) in [7, 11) is -1.75. The zero-order chi connectivity index (χ0) is 11.6. The number of rotatable bonds is 3. The van der Waals surface area contributed by atoms with Crippen LogP contribution in [-0.2, 0) is 0 Å². The largest absolute Gasteiger partial charge is 0.518 e. The van der Waals surface area contributed by atoms with Gasteiger partial charge in [0.1, 0.15) is 5.69 Å². The van der Waals surface area contributed by atoms with Crippen LogP contribution < -0.4 is 10.2 Å². The SMILES string of the molecule is CC(=O)c1nc(O[Si](C)(C)C)ncc1N. The van der Waals surface area contributed by atoms with Gasteiger partial charge in [0.15, 0.2) is 5.78 Å². The highest BCUT2D eigenvalue weighted by atomic mass is 28.4. The minimum atomic E-state index is -1.75. The summed E-state index contributed by atoms with van der Waals surface area (Å²) in [6.07, 6.45) is 1.40. The highest BCUT2D eigenvalue weighted by Crippen LogP contribution is 2.15. The number of nitrogens with zero attached hydrogens (tertiary/aromatic N) is 2. The van der Waals surface area contributed by atoms with Crippen molar-refractivity contribution in [3.63, 3.8) is 0 Å². The molecular formula is C9H15N3O2Si. The number of hydrogen-bond acceptors (Lipinski definition) is 5. The van der Waals surface area contributed by atoms with Gasteiger partial charge in [-0.3, -0.25) is 4.79 Å². The molecule has 0 saturated carbocycles. The Hall–Kier alpha value is -1.43. The van der Waals surface area contributed by atoms with Gasteiger partial charge in [-0.1, -0.05) is 0 Å². The average molecular weight is 225 g/mol. The molecule has 0 atom stereocenters. The van der Waals surface area contributed by atoms with Crippen molar-refractivity contribution in [1.82, 2.24) is 9.97 Å². The van der Waals surface area contributed by atoms with Crippen LogP contribution in [0.4, 0.5) is 5.69 Å². The first kappa shape index (κ1) is 11.6. The van der Waals surface area contributed by atoms with E-state index in [1.165, 1.54) is 13.1 Å². The summed E-state index contributed by atoms with van der Waals surface area (Å²) >= 11 is 0. The lowest BCUT2D eigenvalue weighted by atomic mass is 10.3. The van der Waals surface area contributed by atoms with Gasteiger partial charge in [-0.25, -0.2) is 4.98 Å². The van der Waals surface area contributed by atoms with Gasteiger partial charge in [-0.15, -0.1) is 0 Å². The van der Waals surface area contributed by atoms with E-state index in [4.69, 9.17) is 10.2 Å². The Labute approximate surface area is 89.8 Å². The van der Waals surface area contributed by atoms with E-state index >= 15 is 0 Å². The van der Waals surface area contributed by atoms with E-state index in [1.54, 1.807) is 0 Å². The Bertz CT molecular complexity index is 387. The maximum Gasteiger partial charge on any atom is 0.303 e. The molecule has 1 rings (SSSR count). The van der Waals surface area contributed by atoms with Crippen LogP contribution in [0.1, 0.15) is 17.4 Å². The van der Waals surface area contributed by atoms with Crippen LogP contribution in [0.3, 0.4) is 0 Å². The molecule has 0 saturated heterocycles. The first-order valence-corrected chi connectivity index (χ1v) is 8.03. The van der Waals surface area contributed by atoms with Crippen molar-refractivity contribution in [3.05, 3.63) is 11.9 Å². The second-order valence-corrected chi connectivity index (χ2v) is 8.66. The van der Waals surface area contributed by atoms with Gasteiger partial charge < -0.3 is 10.2 Å². The molecule has 15 heavy (non-hydrogen) atoms. The van der Waals surface area contributed by atoms with Crippen molar-refractivity contribution in [2.24, 2.45) is 0 Å². The predicted molar refractivity (Wildman–Crippen MR) is 60.4 cm³/mol. The maximum atomic E-state index is 11.2. The van der Waals surface area contributed by atoms with E-state index in [-0.39, 0.29) is 23.2 Å². The highest BCUT2D eigenvalue weighted by molar-refractivity contribution is 6.70. The lowest BCUT2D eigenvalue weighted by Gasteiger charge is -2.17. The van der Waals surface area contributed by atoms with Crippen LogP contribution in [0.2, 0.25) is 19.6 Å². The fourth-order valence-corrected chi connectivity index (χ4v) is 1.63. The van der Waals surface area contributed by atoms with Gasteiger partial charge in [-0.05, 0) is 19.6 Å². The Morgan fingerprint density at radius 2 is 2.07 bits per heavy atom. The van der Waals surface area contributed by atoms with Gasteiger partial charge in [0, 0.05) is 6.92 Å². The van der Waals surface area contributed by atoms with E-state index in [0.717, 1.165) is 0 Å². The molecule has 0 aliphatic heterocycles. The Morgan fingerprint density at radius 1 is 1.47 bits per heavy atom. The summed E-state index contributed by atoms with van der Waals surface area (Å²) in [5.41, 5.74) is 6.07. The summed E-state index contributed by atoms with van der Waals surface area (Å²) < 4.78 is 5.56. The number of aromatic nitrogens is 2. The van der Waals surface area contributed by atoms with Gasteiger partial charge in [0.25, 0.3) is 0 Å². The number of nitrogens with two attached hydrogens (primary N) is 1. The molecule has 0 fully saturated rings. The Balaban J connectivity index is 3.03. The van der Waals surface area contributed by atoms with Crippen molar-refractivity contribution in [2.45, 2.75) is 26.6 Å². The number of ketones is 1. The molecule has 0 aliphatic carbocycles. The molecule has 0 unspecified atom stereocenters. The topological polar surface area (TPSA) is 78.1 Å². The fourth-order valence-electron chi connectivity index (χ4n) is 0.980. The summed E-state index contributed by atoms with van der Waals surface area (Å²) in [4.78, 5) is 19.1. The van der Waals surface area contributed by atoms with Crippen LogP contribution in [-0.4, -0.2) is 24.1 Å². The minimum absolute atomic E-state index is 0.185. The van der Waals surface area contributed by atoms with Gasteiger partial charge in [0.05, 0.1) is 11.9 Å². The van der Waals surface area contributed by atoms with Gasteiger partial charge >= 0.3 is 6.01 Å². The molecular weight excluding hydrogens is 210 g/mol. The zero-order valence-corrected chi connectivity index (χ0v) is 10.4. The van der Waals surface area contributed by atoms with Crippen LogP contribution in [0, 0.1) is 0 Å². The van der Waals surface area contributed by atoms with E-state index in [0.29, 0.717) is 0 Å². The van der Waals surface area contributed by atoms with Crippen LogP contribution >= 0.6 is 0 Å². The standard InChI is InChI=1S/C9H15N3O2Si/c1-6(13)8-7(10)5-11-9(12-8)14-15(2,3)4/h5H,10H2,1-4H3. The fraction of sp³-hybridized carbons (Fsp3) is 0.444. The van der Waals surface area contributed by atoms with Crippen LogP contribution in [0.25, 0.3) is 0 Å². The van der Waals surface area contributed by atoms with Gasteiger partial charge in [0.2, 0.25) is 8.32 Å². The molecule has 82 valence electrons. The zero-order valence-electron chi connectivity index (χ0n) is 9.37. The van der Waals surface area contributed by atoms with Crippen LogP contribution in [0.15, 0.2) is 6.20 Å². The molecule has 1 heterocycles. The predicted octanol–water partition coefficient (Wildman–Crippen LogP) is 1.48. The number of carbonyl (C=O) groups is 1. The molecule has 0 bridgehead atoms. The maximum absolute atomic E-state index is 11.2. The molecule has 1 aromatic rings. The molecule has 1 aromatic heterocycles. The number of carbonyl (C=O) groups excluding carboxylic acids is 1. The van der Waals surface area contributed by atoms with E-state index in [9.17, 15) is 4.79 Å². The average Bonchev–Trinajstić information content (AvgIpc) is 2.05. The number of hydrogen-bond donors (Lipinski definition) is 1. The van der Waals surface area contributed by atoms with Crippen molar-refractivity contribution >= 4 is 19.8 Å². The van der Waals surface area contributed by atoms with Gasteiger partial charge in [-0.2, -0.15) is 4.98 Å². The lowest BCUT2D eigenvalue weighted by molar-refractivity contribution is 0.101. The van der Waals surface area contributed by atoms with E-state index < -0.39 is 8.32 Å². The Morgan fingerprint density at radius 3 is 2.53 bits per heavy atom. The van der Waals surface area contributed by atoms with Crippen molar-refractivity contribution in [1.29, 1.82) is 0 Å². The summed E-state index contributed by atoms with van der Waals surface area (Å²) in [5.74, 6) is -0.185. The third-order valence-corrected chi connectivity index (χ3v) is 2.32. The summed E-state index contributed by atoms with van der Waals surface area (Å²) in [6, 6.07) is 0.230. The smallest absolute Gasteiger partial charge is 0.303 e. The molecule has 0 amide bonds. The quantitative estimate of drug-likeness (QED) is 0.622. The van der Waals surface area contributed by atoms with Crippen molar-refractivity contribution < 1.29 is 9.22 Å². The minimum Gasteiger partial charge on any atom is -0.518 e. The van der Waals surface area contributed by atoms with E-state index in [2.05, 4.69) is 9.97 Å². The Kier molecular flexibility index (Phi) is 3.08. The van der Waals surface area contributed by atoms with Crippen LogP contribution in [0.5, 0.6) is 6.01 Å². The number of anilines is 1. The highest BCUT2D eigenvalue weighted by Gasteiger charge is 2.19. The molecule has 0 aliphatic rings. The van der Waals surface area contributed by atoms with Crippen molar-refractivity contribution in [2.75, 3.05) is 5.73 Å². The number of nitrogen functional groups attached to an aromatic ring is 1. The normalized spacial score (nSPS) is 11.2. The monoisotopic (exact) mass is 225 g/mol. The first-order chi connectivity index (χ1) is 6.79. The van der Waals surface area contributed by atoms with Crippen molar-refractivity contribution in [3.8, 4) is 6.01 Å². The molecule has 0 aromatic carbocycles. The molecule has 0 radical (unpaired) electrons. The second-order valence-electron chi connectivity index (χ2n) is 4.23.